The van der Waals surface area contributed by atoms with Gasteiger partial charge < -0.3 is 10.5 Å². The largest absolute Gasteiger partial charge is 0.492 e. The maximum absolute atomic E-state index is 5.55. The van der Waals surface area contributed by atoms with Crippen LogP contribution in [0.4, 0.5) is 0 Å². The standard InChI is InChI=1S/C12H15N3OS/c1-2-3-16-10-4-9(6-14-7-10)11-8-15-12(5-13)17-11/h4,6-8H,2-3,5,13H2,1H3. The Morgan fingerprint density at radius 2 is 2.24 bits per heavy atom. The van der Waals surface area contributed by atoms with Gasteiger partial charge in [0.05, 0.1) is 17.7 Å². The highest BCUT2D eigenvalue weighted by Gasteiger charge is 2.05. The Balaban J connectivity index is 2.20. The van der Waals surface area contributed by atoms with Gasteiger partial charge in [-0.25, -0.2) is 4.98 Å². The Bertz CT molecular complexity index is 484. The van der Waals surface area contributed by atoms with E-state index in [0.717, 1.165) is 27.6 Å². The Kier molecular flexibility index (Phi) is 4.06. The van der Waals surface area contributed by atoms with E-state index in [2.05, 4.69) is 16.9 Å². The highest BCUT2D eigenvalue weighted by molar-refractivity contribution is 7.15. The van der Waals surface area contributed by atoms with Crippen LogP contribution in [0.15, 0.2) is 24.7 Å². The molecule has 2 aromatic heterocycles. The topological polar surface area (TPSA) is 61.0 Å². The summed E-state index contributed by atoms with van der Waals surface area (Å²) in [4.78, 5) is 9.47. The molecule has 2 aromatic rings. The molecule has 0 unspecified atom stereocenters. The van der Waals surface area contributed by atoms with Crippen LogP contribution in [0.3, 0.4) is 0 Å². The van der Waals surface area contributed by atoms with Crippen molar-refractivity contribution >= 4 is 11.3 Å². The molecule has 0 aromatic carbocycles. The Hall–Kier alpha value is -1.46. The van der Waals surface area contributed by atoms with Crippen molar-refractivity contribution in [3.05, 3.63) is 29.7 Å². The van der Waals surface area contributed by atoms with Crippen molar-refractivity contribution in [3.8, 4) is 16.2 Å². The van der Waals surface area contributed by atoms with E-state index in [4.69, 9.17) is 10.5 Å². The average molecular weight is 249 g/mol. The zero-order valence-corrected chi connectivity index (χ0v) is 10.5. The number of hydrogen-bond donors (Lipinski definition) is 1. The fourth-order valence-corrected chi connectivity index (χ4v) is 2.17. The van der Waals surface area contributed by atoms with Crippen molar-refractivity contribution in [2.45, 2.75) is 19.9 Å². The third-order valence-electron chi connectivity index (χ3n) is 2.20. The molecule has 0 radical (unpaired) electrons. The molecule has 0 aliphatic rings. The van der Waals surface area contributed by atoms with Crippen LogP contribution in [-0.4, -0.2) is 16.6 Å². The van der Waals surface area contributed by atoms with Crippen LogP contribution in [0.25, 0.3) is 10.4 Å². The summed E-state index contributed by atoms with van der Waals surface area (Å²) in [6, 6.07) is 1.98. The number of pyridine rings is 1. The molecule has 2 N–H and O–H groups in total. The minimum absolute atomic E-state index is 0.476. The smallest absolute Gasteiger partial charge is 0.138 e. The highest BCUT2D eigenvalue weighted by atomic mass is 32.1. The van der Waals surface area contributed by atoms with Crippen LogP contribution in [0, 0.1) is 0 Å². The van der Waals surface area contributed by atoms with Gasteiger partial charge in [-0.2, -0.15) is 0 Å². The van der Waals surface area contributed by atoms with Gasteiger partial charge in [0.15, 0.2) is 0 Å². The molecule has 0 saturated carbocycles. The van der Waals surface area contributed by atoms with Gasteiger partial charge in [-0.05, 0) is 12.5 Å². The molecule has 0 aliphatic carbocycles. The predicted octanol–water partition coefficient (Wildman–Crippen LogP) is 2.45. The number of thiazole rings is 1. The van der Waals surface area contributed by atoms with Crippen LogP contribution in [0.2, 0.25) is 0 Å². The first-order valence-corrected chi connectivity index (χ1v) is 6.38. The summed E-state index contributed by atoms with van der Waals surface area (Å²) in [6.45, 7) is 3.26. The molecule has 17 heavy (non-hydrogen) atoms. The zero-order chi connectivity index (χ0) is 12.1. The highest BCUT2D eigenvalue weighted by Crippen LogP contribution is 2.27. The molecule has 2 rings (SSSR count). The molecule has 0 bridgehead atoms. The number of rotatable bonds is 5. The molecular formula is C12H15N3OS. The monoisotopic (exact) mass is 249 g/mol. The van der Waals surface area contributed by atoms with Crippen molar-refractivity contribution < 1.29 is 4.74 Å². The van der Waals surface area contributed by atoms with E-state index < -0.39 is 0 Å². The third-order valence-corrected chi connectivity index (χ3v) is 3.27. The summed E-state index contributed by atoms with van der Waals surface area (Å²) in [5.74, 6) is 0.798. The lowest BCUT2D eigenvalue weighted by Crippen LogP contribution is -1.95. The Morgan fingerprint density at radius 1 is 1.35 bits per heavy atom. The molecule has 5 heteroatoms. The van der Waals surface area contributed by atoms with E-state index in [1.165, 1.54) is 0 Å². The van der Waals surface area contributed by atoms with Gasteiger partial charge in [0.1, 0.15) is 10.8 Å². The molecule has 0 atom stereocenters. The number of nitrogens with two attached hydrogens (primary N) is 1. The van der Waals surface area contributed by atoms with E-state index in [0.29, 0.717) is 13.2 Å². The maximum atomic E-state index is 5.55. The lowest BCUT2D eigenvalue weighted by molar-refractivity contribution is 0.316. The SMILES string of the molecule is CCCOc1cncc(-c2cnc(CN)s2)c1. The Morgan fingerprint density at radius 3 is 2.94 bits per heavy atom. The van der Waals surface area contributed by atoms with E-state index in [9.17, 15) is 0 Å². The molecule has 0 fully saturated rings. The number of hydrogen-bond acceptors (Lipinski definition) is 5. The molecule has 0 spiro atoms. The molecule has 0 amide bonds. The first-order valence-electron chi connectivity index (χ1n) is 5.56. The van der Waals surface area contributed by atoms with Gasteiger partial charge in [-0.15, -0.1) is 11.3 Å². The molecule has 90 valence electrons. The summed E-state index contributed by atoms with van der Waals surface area (Å²) in [5, 5.41) is 0.930. The van der Waals surface area contributed by atoms with Crippen molar-refractivity contribution in [1.82, 2.24) is 9.97 Å². The van der Waals surface area contributed by atoms with Gasteiger partial charge in [-0.3, -0.25) is 4.98 Å². The minimum atomic E-state index is 0.476. The molecule has 0 aliphatic heterocycles. The summed E-state index contributed by atoms with van der Waals surface area (Å²) in [5.41, 5.74) is 6.57. The molecule has 2 heterocycles. The van der Waals surface area contributed by atoms with Gasteiger partial charge in [0, 0.05) is 24.5 Å². The minimum Gasteiger partial charge on any atom is -0.492 e. The molecular weight excluding hydrogens is 234 g/mol. The lowest BCUT2D eigenvalue weighted by Gasteiger charge is -2.04. The maximum Gasteiger partial charge on any atom is 0.138 e. The van der Waals surface area contributed by atoms with Crippen molar-refractivity contribution in [2.75, 3.05) is 6.61 Å². The van der Waals surface area contributed by atoms with Gasteiger partial charge in [0.25, 0.3) is 0 Å². The third kappa shape index (κ3) is 3.01. The van der Waals surface area contributed by atoms with Crippen LogP contribution >= 0.6 is 11.3 Å². The van der Waals surface area contributed by atoms with E-state index in [1.54, 1.807) is 17.5 Å². The normalized spacial score (nSPS) is 10.5. The second kappa shape index (κ2) is 5.75. The van der Waals surface area contributed by atoms with Crippen LogP contribution in [0.5, 0.6) is 5.75 Å². The zero-order valence-electron chi connectivity index (χ0n) is 9.72. The number of nitrogens with zero attached hydrogens (tertiary/aromatic N) is 2. The van der Waals surface area contributed by atoms with Crippen molar-refractivity contribution in [2.24, 2.45) is 5.73 Å². The first-order chi connectivity index (χ1) is 8.33. The Labute approximate surface area is 104 Å². The fourth-order valence-electron chi connectivity index (χ4n) is 1.39. The summed E-state index contributed by atoms with van der Waals surface area (Å²) >= 11 is 1.59. The van der Waals surface area contributed by atoms with Gasteiger partial charge >= 0.3 is 0 Å². The fraction of sp³-hybridized carbons (Fsp3) is 0.333. The van der Waals surface area contributed by atoms with Crippen molar-refractivity contribution in [3.63, 3.8) is 0 Å². The first kappa shape index (κ1) is 12.0. The second-order valence-corrected chi connectivity index (χ2v) is 4.70. The van der Waals surface area contributed by atoms with E-state index in [-0.39, 0.29) is 0 Å². The lowest BCUT2D eigenvalue weighted by atomic mass is 10.2. The summed E-state index contributed by atoms with van der Waals surface area (Å²) in [7, 11) is 0. The number of ether oxygens (including phenoxy) is 1. The number of aromatic nitrogens is 2. The molecule has 4 nitrogen and oxygen atoms in total. The van der Waals surface area contributed by atoms with Crippen LogP contribution in [0.1, 0.15) is 18.4 Å². The predicted molar refractivity (Wildman–Crippen MR) is 69.0 cm³/mol. The average Bonchev–Trinajstić information content (AvgIpc) is 2.85. The van der Waals surface area contributed by atoms with E-state index >= 15 is 0 Å². The van der Waals surface area contributed by atoms with Gasteiger partial charge in [0.2, 0.25) is 0 Å². The quantitative estimate of drug-likeness (QED) is 0.884. The van der Waals surface area contributed by atoms with E-state index in [1.807, 2.05) is 18.5 Å². The summed E-state index contributed by atoms with van der Waals surface area (Å²) < 4.78 is 5.55. The summed E-state index contributed by atoms with van der Waals surface area (Å²) in [6.07, 6.45) is 6.35. The van der Waals surface area contributed by atoms with Gasteiger partial charge in [-0.1, -0.05) is 6.92 Å². The van der Waals surface area contributed by atoms with Crippen LogP contribution in [-0.2, 0) is 6.54 Å². The van der Waals surface area contributed by atoms with Crippen molar-refractivity contribution in [1.29, 1.82) is 0 Å². The second-order valence-electron chi connectivity index (χ2n) is 3.58. The molecule has 0 saturated heterocycles. The van der Waals surface area contributed by atoms with Crippen LogP contribution < -0.4 is 10.5 Å².